The van der Waals surface area contributed by atoms with Crippen molar-refractivity contribution in [1.82, 2.24) is 0 Å². The number of carboxylic acids is 1. The van der Waals surface area contributed by atoms with Crippen molar-refractivity contribution in [3.63, 3.8) is 0 Å². The molecule has 1 saturated heterocycles. The van der Waals surface area contributed by atoms with Crippen LogP contribution in [0.4, 0.5) is 0 Å². The van der Waals surface area contributed by atoms with E-state index in [1.807, 2.05) is 0 Å². The zero-order valence-corrected chi connectivity index (χ0v) is 7.75. The van der Waals surface area contributed by atoms with Gasteiger partial charge in [-0.15, -0.1) is 6.58 Å². The van der Waals surface area contributed by atoms with Gasteiger partial charge in [0.05, 0.1) is 11.5 Å². The molecule has 1 fully saturated rings. The summed E-state index contributed by atoms with van der Waals surface area (Å²) in [6.45, 7) is 3.42. The fourth-order valence-electron chi connectivity index (χ4n) is 1.45. The lowest BCUT2D eigenvalue weighted by Crippen LogP contribution is -2.60. The Bertz CT molecular complexity index is 334. The Morgan fingerprint density at radius 3 is 2.31 bits per heavy atom. The second kappa shape index (κ2) is 2.81. The van der Waals surface area contributed by atoms with Crippen LogP contribution in [0, 0.1) is 5.41 Å². The number of hydrogen-bond donors (Lipinski definition) is 2. The largest absolute Gasteiger partial charge is 0.480 e. The molecule has 1 aliphatic heterocycles. The van der Waals surface area contributed by atoms with Crippen LogP contribution in [0.2, 0.25) is 0 Å². The third kappa shape index (κ3) is 1.59. The van der Waals surface area contributed by atoms with Gasteiger partial charge in [0.1, 0.15) is 6.04 Å². The van der Waals surface area contributed by atoms with E-state index in [0.29, 0.717) is 0 Å². The van der Waals surface area contributed by atoms with Gasteiger partial charge in [0.25, 0.3) is 0 Å². The summed E-state index contributed by atoms with van der Waals surface area (Å²) in [5.41, 5.74) is 4.39. The van der Waals surface area contributed by atoms with E-state index in [1.165, 1.54) is 6.08 Å². The molecule has 13 heavy (non-hydrogen) atoms. The van der Waals surface area contributed by atoms with Gasteiger partial charge in [0, 0.05) is 5.41 Å². The van der Waals surface area contributed by atoms with Crippen LogP contribution >= 0.6 is 0 Å². The van der Waals surface area contributed by atoms with E-state index in [9.17, 15) is 13.2 Å². The molecular weight excluding hydrogens is 194 g/mol. The Balaban J connectivity index is 2.88. The molecule has 0 aromatic heterocycles. The average Bonchev–Trinajstić information content (AvgIpc) is 1.97. The summed E-state index contributed by atoms with van der Waals surface area (Å²) in [5.74, 6) is -1.62. The molecule has 6 heteroatoms. The number of nitrogens with two attached hydrogens (primary N) is 1. The normalized spacial score (nSPS) is 25.6. The van der Waals surface area contributed by atoms with Gasteiger partial charge in [0.15, 0.2) is 9.84 Å². The third-order valence-electron chi connectivity index (χ3n) is 2.27. The zero-order chi connectivity index (χ0) is 10.3. The van der Waals surface area contributed by atoms with E-state index in [1.54, 1.807) is 0 Å². The monoisotopic (exact) mass is 205 g/mol. The van der Waals surface area contributed by atoms with Gasteiger partial charge >= 0.3 is 5.97 Å². The quantitative estimate of drug-likeness (QED) is 0.576. The van der Waals surface area contributed by atoms with Crippen molar-refractivity contribution in [2.45, 2.75) is 6.04 Å². The molecule has 0 saturated carbocycles. The van der Waals surface area contributed by atoms with Gasteiger partial charge in [-0.3, -0.25) is 4.79 Å². The predicted molar refractivity (Wildman–Crippen MR) is 46.9 cm³/mol. The van der Waals surface area contributed by atoms with E-state index in [0.717, 1.165) is 0 Å². The van der Waals surface area contributed by atoms with Gasteiger partial charge < -0.3 is 10.8 Å². The van der Waals surface area contributed by atoms with Crippen molar-refractivity contribution in [3.8, 4) is 0 Å². The Kier molecular flexibility index (Phi) is 2.21. The smallest absolute Gasteiger partial charge is 0.321 e. The number of carbonyl (C=O) groups is 1. The van der Waals surface area contributed by atoms with Gasteiger partial charge in [-0.05, 0) is 0 Å². The maximum Gasteiger partial charge on any atom is 0.321 e. The molecule has 0 amide bonds. The molecule has 1 rings (SSSR count). The lowest BCUT2D eigenvalue weighted by Gasteiger charge is -2.40. The van der Waals surface area contributed by atoms with Crippen molar-refractivity contribution in [3.05, 3.63) is 12.7 Å². The maximum atomic E-state index is 10.9. The first kappa shape index (κ1) is 10.2. The van der Waals surface area contributed by atoms with Crippen LogP contribution in [0.15, 0.2) is 12.7 Å². The third-order valence-corrected chi connectivity index (χ3v) is 4.22. The summed E-state index contributed by atoms with van der Waals surface area (Å²) in [5, 5.41) is 8.62. The number of hydrogen-bond acceptors (Lipinski definition) is 4. The predicted octanol–water partition coefficient (Wildman–Crippen LogP) is -1.00. The first-order valence-corrected chi connectivity index (χ1v) is 5.47. The molecular formula is C7H11NO4S. The van der Waals surface area contributed by atoms with Crippen LogP contribution in [0.5, 0.6) is 0 Å². The average molecular weight is 205 g/mol. The minimum Gasteiger partial charge on any atom is -0.480 e. The summed E-state index contributed by atoms with van der Waals surface area (Å²) in [6.07, 6.45) is 1.33. The van der Waals surface area contributed by atoms with Crippen LogP contribution < -0.4 is 5.73 Å². The van der Waals surface area contributed by atoms with E-state index in [2.05, 4.69) is 6.58 Å². The highest BCUT2D eigenvalue weighted by Crippen LogP contribution is 2.36. The maximum absolute atomic E-state index is 10.9. The number of sulfone groups is 1. The van der Waals surface area contributed by atoms with Gasteiger partial charge in [-0.2, -0.15) is 0 Å². The molecule has 0 bridgehead atoms. The first-order valence-electron chi connectivity index (χ1n) is 3.65. The fourth-order valence-corrected chi connectivity index (χ4v) is 3.59. The van der Waals surface area contributed by atoms with Crippen LogP contribution in [0.25, 0.3) is 0 Å². The topological polar surface area (TPSA) is 97.5 Å². The standard InChI is InChI=1S/C7H11NO4S/c1-2-7(5(8)6(9)10)3-13(11,12)4-7/h2,5H,1,3-4,8H2,(H,9,10)/t5-/m1/s1. The molecule has 0 aromatic rings. The van der Waals surface area contributed by atoms with Gasteiger partial charge in [-0.25, -0.2) is 8.42 Å². The zero-order valence-electron chi connectivity index (χ0n) is 6.93. The summed E-state index contributed by atoms with van der Waals surface area (Å²) in [7, 11) is -3.09. The van der Waals surface area contributed by atoms with E-state index in [-0.39, 0.29) is 11.5 Å². The van der Waals surface area contributed by atoms with Crippen LogP contribution in [-0.4, -0.2) is 37.0 Å². The Hall–Kier alpha value is -0.880. The first-order chi connectivity index (χ1) is 5.83. The summed E-state index contributed by atoms with van der Waals surface area (Å²) < 4.78 is 21.8. The number of rotatable bonds is 3. The molecule has 0 unspecified atom stereocenters. The molecule has 0 aromatic carbocycles. The Labute approximate surface area is 76.2 Å². The van der Waals surface area contributed by atoms with Crippen LogP contribution in [0.1, 0.15) is 0 Å². The van der Waals surface area contributed by atoms with Crippen molar-refractivity contribution in [1.29, 1.82) is 0 Å². The molecule has 0 radical (unpaired) electrons. The van der Waals surface area contributed by atoms with Crippen LogP contribution in [0.3, 0.4) is 0 Å². The van der Waals surface area contributed by atoms with Crippen LogP contribution in [-0.2, 0) is 14.6 Å². The number of carboxylic acid groups (broad SMARTS) is 1. The SMILES string of the molecule is C=CC1([C@H](N)C(=O)O)CS(=O)(=O)C1. The second-order valence-electron chi connectivity index (χ2n) is 3.29. The van der Waals surface area contributed by atoms with E-state index in [4.69, 9.17) is 10.8 Å². The minimum atomic E-state index is -3.09. The molecule has 1 atom stereocenters. The molecule has 0 aliphatic carbocycles. The van der Waals surface area contributed by atoms with Crippen molar-refractivity contribution in [2.75, 3.05) is 11.5 Å². The highest BCUT2D eigenvalue weighted by molar-refractivity contribution is 7.92. The molecule has 3 N–H and O–H groups in total. The van der Waals surface area contributed by atoms with E-state index >= 15 is 0 Å². The molecule has 0 spiro atoms. The molecule has 74 valence electrons. The second-order valence-corrected chi connectivity index (χ2v) is 5.35. The number of aliphatic carboxylic acids is 1. The lowest BCUT2D eigenvalue weighted by molar-refractivity contribution is -0.140. The molecule has 1 heterocycles. The molecule has 5 nitrogen and oxygen atoms in total. The summed E-state index contributed by atoms with van der Waals surface area (Å²) in [6, 6.07) is -1.19. The Morgan fingerprint density at radius 2 is 2.08 bits per heavy atom. The fraction of sp³-hybridized carbons (Fsp3) is 0.571. The minimum absolute atomic E-state index is 0.211. The van der Waals surface area contributed by atoms with Gasteiger partial charge in [-0.1, -0.05) is 6.08 Å². The van der Waals surface area contributed by atoms with E-state index < -0.39 is 27.3 Å². The van der Waals surface area contributed by atoms with Crippen molar-refractivity contribution < 1.29 is 18.3 Å². The highest BCUT2D eigenvalue weighted by Gasteiger charge is 2.52. The Morgan fingerprint density at radius 1 is 1.62 bits per heavy atom. The van der Waals surface area contributed by atoms with Gasteiger partial charge in [0.2, 0.25) is 0 Å². The van der Waals surface area contributed by atoms with Crippen molar-refractivity contribution >= 4 is 15.8 Å². The van der Waals surface area contributed by atoms with Crippen molar-refractivity contribution in [2.24, 2.45) is 11.1 Å². The lowest BCUT2D eigenvalue weighted by atomic mass is 9.84. The summed E-state index contributed by atoms with van der Waals surface area (Å²) >= 11 is 0. The summed E-state index contributed by atoms with van der Waals surface area (Å²) in [4.78, 5) is 10.5. The molecule has 1 aliphatic rings. The highest BCUT2D eigenvalue weighted by atomic mass is 32.2.